The SMILES string of the molecule is Cc1c(Cl)cc(C(=O)N2CCC3(CCN(CC4CCNCC4(F)F)CC3)CC2)cc1N(C)CCC(=O)NC=O. The van der Waals surface area contributed by atoms with Crippen LogP contribution in [0.3, 0.4) is 0 Å². The van der Waals surface area contributed by atoms with Gasteiger partial charge in [0.1, 0.15) is 0 Å². The Kier molecular flexibility index (Phi) is 9.49. The second-order valence-corrected chi connectivity index (χ2v) is 11.9. The van der Waals surface area contributed by atoms with Gasteiger partial charge in [-0.3, -0.25) is 19.7 Å². The minimum Gasteiger partial charge on any atom is -0.374 e. The number of nitrogens with zero attached hydrogens (tertiary/aromatic N) is 3. The van der Waals surface area contributed by atoms with Gasteiger partial charge in [-0.2, -0.15) is 0 Å². The summed E-state index contributed by atoms with van der Waals surface area (Å²) in [6, 6.07) is 3.52. The molecule has 3 fully saturated rings. The van der Waals surface area contributed by atoms with E-state index in [1.165, 1.54) is 0 Å². The third-order valence-electron chi connectivity index (χ3n) is 9.00. The molecule has 0 aromatic heterocycles. The van der Waals surface area contributed by atoms with Crippen LogP contribution in [0.1, 0.15) is 54.4 Å². The minimum absolute atomic E-state index is 0.0642. The predicted octanol–water partition coefficient (Wildman–Crippen LogP) is 3.31. The molecule has 2 N–H and O–H groups in total. The number of piperidine rings is 3. The highest BCUT2D eigenvalue weighted by molar-refractivity contribution is 6.32. The first-order valence-corrected chi connectivity index (χ1v) is 14.3. The minimum atomic E-state index is -2.64. The number of carbonyl (C=O) groups is 3. The Labute approximate surface area is 234 Å². The maximum Gasteiger partial charge on any atom is 0.264 e. The highest BCUT2D eigenvalue weighted by Crippen LogP contribution is 2.42. The lowest BCUT2D eigenvalue weighted by molar-refractivity contribution is -0.125. The number of rotatable bonds is 8. The number of hydrogen-bond donors (Lipinski definition) is 2. The van der Waals surface area contributed by atoms with Crippen molar-refractivity contribution in [3.05, 3.63) is 28.3 Å². The first-order chi connectivity index (χ1) is 18.5. The van der Waals surface area contributed by atoms with Crippen LogP contribution >= 0.6 is 11.6 Å². The normalized spacial score (nSPS) is 22.9. The van der Waals surface area contributed by atoms with Gasteiger partial charge in [0.15, 0.2) is 0 Å². The number of halogens is 3. The summed E-state index contributed by atoms with van der Waals surface area (Å²) < 4.78 is 28.6. The average Bonchev–Trinajstić information content (AvgIpc) is 2.91. The number of imide groups is 1. The largest absolute Gasteiger partial charge is 0.374 e. The summed E-state index contributed by atoms with van der Waals surface area (Å²) in [6.07, 6.45) is 4.80. The van der Waals surface area contributed by atoms with Crippen molar-refractivity contribution < 1.29 is 23.2 Å². The van der Waals surface area contributed by atoms with Gasteiger partial charge in [-0.1, -0.05) is 11.6 Å². The Morgan fingerprint density at radius 1 is 1.18 bits per heavy atom. The van der Waals surface area contributed by atoms with Gasteiger partial charge >= 0.3 is 0 Å². The third-order valence-corrected chi connectivity index (χ3v) is 9.40. The van der Waals surface area contributed by atoms with Crippen LogP contribution < -0.4 is 15.5 Å². The monoisotopic (exact) mass is 567 g/mol. The van der Waals surface area contributed by atoms with Gasteiger partial charge in [-0.25, -0.2) is 8.78 Å². The molecule has 1 unspecified atom stereocenters. The Morgan fingerprint density at radius 2 is 1.85 bits per heavy atom. The van der Waals surface area contributed by atoms with Crippen molar-refractivity contribution in [1.82, 2.24) is 20.4 Å². The molecule has 3 saturated heterocycles. The van der Waals surface area contributed by atoms with Gasteiger partial charge in [0.05, 0.1) is 6.54 Å². The smallest absolute Gasteiger partial charge is 0.264 e. The van der Waals surface area contributed by atoms with E-state index in [2.05, 4.69) is 15.5 Å². The van der Waals surface area contributed by atoms with Crippen molar-refractivity contribution in [2.45, 2.75) is 51.4 Å². The van der Waals surface area contributed by atoms with Crippen molar-refractivity contribution >= 4 is 35.5 Å². The van der Waals surface area contributed by atoms with Gasteiger partial charge in [0.25, 0.3) is 11.8 Å². The zero-order valence-electron chi connectivity index (χ0n) is 22.9. The molecule has 1 aromatic carbocycles. The quantitative estimate of drug-likeness (QED) is 0.469. The van der Waals surface area contributed by atoms with Crippen LogP contribution in [0.15, 0.2) is 12.1 Å². The van der Waals surface area contributed by atoms with Gasteiger partial charge in [-0.05, 0) is 81.8 Å². The molecule has 4 rings (SSSR count). The number of anilines is 1. The van der Waals surface area contributed by atoms with E-state index < -0.39 is 11.8 Å². The fourth-order valence-electron chi connectivity index (χ4n) is 6.21. The molecule has 3 aliphatic rings. The molecule has 216 valence electrons. The molecule has 3 amide bonds. The molecule has 1 spiro atoms. The lowest BCUT2D eigenvalue weighted by Crippen LogP contribution is -2.53. The number of likely N-dealkylation sites (tertiary alicyclic amines) is 2. The lowest BCUT2D eigenvalue weighted by atomic mass is 9.71. The number of amides is 3. The molecule has 0 saturated carbocycles. The standard InChI is InChI=1S/C28H40ClF2N5O3/c1-20-23(29)15-21(16-24(20)34(2)10-4-25(38)33-19-37)26(39)36-13-7-27(8-14-36)5-11-35(12-6-27)17-22-3-9-32-18-28(22,30)31/h15-16,19,22,32H,3-14,17-18H2,1-2H3,(H,33,37,38). The number of benzene rings is 1. The fraction of sp³-hybridized carbons (Fsp3) is 0.679. The zero-order valence-corrected chi connectivity index (χ0v) is 23.7. The van der Waals surface area contributed by atoms with E-state index in [4.69, 9.17) is 11.6 Å². The molecule has 1 aromatic rings. The first kappa shape index (κ1) is 29.7. The highest BCUT2D eigenvalue weighted by atomic mass is 35.5. The summed E-state index contributed by atoms with van der Waals surface area (Å²) in [5.41, 5.74) is 2.27. The molecule has 0 radical (unpaired) electrons. The maximum absolute atomic E-state index is 14.3. The van der Waals surface area contributed by atoms with Crippen LogP contribution in [0.25, 0.3) is 0 Å². The van der Waals surface area contributed by atoms with Crippen molar-refractivity contribution in [2.75, 3.05) is 64.3 Å². The molecule has 3 heterocycles. The highest BCUT2D eigenvalue weighted by Gasteiger charge is 2.44. The molecule has 0 aliphatic carbocycles. The van der Waals surface area contributed by atoms with Crippen molar-refractivity contribution in [1.29, 1.82) is 0 Å². The molecule has 0 bridgehead atoms. The zero-order chi connectivity index (χ0) is 28.2. The second-order valence-electron chi connectivity index (χ2n) is 11.5. The topological polar surface area (TPSA) is 85.0 Å². The average molecular weight is 568 g/mol. The van der Waals surface area contributed by atoms with Crippen LogP contribution in [0.4, 0.5) is 14.5 Å². The third kappa shape index (κ3) is 7.08. The Hall–Kier alpha value is -2.30. The number of hydrogen-bond acceptors (Lipinski definition) is 6. The van der Waals surface area contributed by atoms with Crippen molar-refractivity contribution in [3.8, 4) is 0 Å². The van der Waals surface area contributed by atoms with Crippen molar-refractivity contribution in [2.24, 2.45) is 11.3 Å². The van der Waals surface area contributed by atoms with Crippen molar-refractivity contribution in [3.63, 3.8) is 0 Å². The van der Waals surface area contributed by atoms with E-state index >= 15 is 0 Å². The summed E-state index contributed by atoms with van der Waals surface area (Å²) in [7, 11) is 1.82. The van der Waals surface area contributed by atoms with Crippen LogP contribution in [0.5, 0.6) is 0 Å². The molecular weight excluding hydrogens is 528 g/mol. The number of alkyl halides is 2. The van der Waals surface area contributed by atoms with E-state index in [0.29, 0.717) is 56.1 Å². The van der Waals surface area contributed by atoms with Crippen LogP contribution in [-0.4, -0.2) is 93.4 Å². The summed E-state index contributed by atoms with van der Waals surface area (Å²) in [6.45, 7) is 6.13. The second kappa shape index (κ2) is 12.5. The first-order valence-electron chi connectivity index (χ1n) is 13.9. The van der Waals surface area contributed by atoms with Crippen LogP contribution in [0, 0.1) is 18.3 Å². The van der Waals surface area contributed by atoms with Gasteiger partial charge in [-0.15, -0.1) is 0 Å². The maximum atomic E-state index is 14.3. The van der Waals surface area contributed by atoms with E-state index in [9.17, 15) is 23.2 Å². The molecule has 3 aliphatic heterocycles. The van der Waals surface area contributed by atoms with Crippen LogP contribution in [-0.2, 0) is 9.59 Å². The van der Waals surface area contributed by atoms with E-state index in [-0.39, 0.29) is 30.2 Å². The summed E-state index contributed by atoms with van der Waals surface area (Å²) in [5, 5.41) is 5.42. The Morgan fingerprint density at radius 3 is 2.49 bits per heavy atom. The molecular formula is C28H40ClF2N5O3. The molecule has 1 atom stereocenters. The lowest BCUT2D eigenvalue weighted by Gasteiger charge is -2.48. The predicted molar refractivity (Wildman–Crippen MR) is 147 cm³/mol. The molecule has 39 heavy (non-hydrogen) atoms. The van der Waals surface area contributed by atoms with E-state index in [0.717, 1.165) is 50.0 Å². The van der Waals surface area contributed by atoms with Gasteiger partial charge in [0.2, 0.25) is 12.3 Å². The number of carbonyl (C=O) groups excluding carboxylic acids is 3. The summed E-state index contributed by atoms with van der Waals surface area (Å²) in [4.78, 5) is 41.6. The summed E-state index contributed by atoms with van der Waals surface area (Å²) in [5.74, 6) is -3.65. The molecule has 8 nitrogen and oxygen atoms in total. The number of nitrogens with one attached hydrogen (secondary N) is 2. The Bertz CT molecular complexity index is 1050. The fourth-order valence-corrected chi connectivity index (χ4v) is 6.43. The van der Waals surface area contributed by atoms with E-state index in [1.54, 1.807) is 6.07 Å². The molecule has 11 heteroatoms. The van der Waals surface area contributed by atoms with Gasteiger partial charge in [0, 0.05) is 61.8 Å². The summed E-state index contributed by atoms with van der Waals surface area (Å²) >= 11 is 6.50. The van der Waals surface area contributed by atoms with Crippen LogP contribution in [0.2, 0.25) is 5.02 Å². The Balaban J connectivity index is 1.32. The van der Waals surface area contributed by atoms with Gasteiger partial charge < -0.3 is 20.0 Å². The van der Waals surface area contributed by atoms with E-state index in [1.807, 2.05) is 29.8 Å².